The molecule has 2 aliphatic rings. The molecule has 1 saturated heterocycles. The molecule has 4 rings (SSSR count). The number of phenolic OH excluding ortho intramolecular Hbond substituents is 1. The third kappa shape index (κ3) is 3.52. The molecule has 1 N–H and O–H groups in total. The van der Waals surface area contributed by atoms with E-state index in [1.165, 1.54) is 6.42 Å². The summed E-state index contributed by atoms with van der Waals surface area (Å²) < 4.78 is 0. The first-order valence-corrected chi connectivity index (χ1v) is 10.0. The molecule has 0 radical (unpaired) electrons. The summed E-state index contributed by atoms with van der Waals surface area (Å²) >= 11 is 1.63. The fourth-order valence-electron chi connectivity index (χ4n) is 3.72. The van der Waals surface area contributed by atoms with Crippen LogP contribution in [0.2, 0.25) is 0 Å². The van der Waals surface area contributed by atoms with Crippen LogP contribution in [-0.4, -0.2) is 46.3 Å². The lowest BCUT2D eigenvalue weighted by atomic mass is 10.00. The minimum Gasteiger partial charge on any atom is -0.508 e. The molecular weight excluding hydrogens is 346 g/mol. The zero-order valence-electron chi connectivity index (χ0n) is 14.7. The molecule has 0 unspecified atom stereocenters. The average Bonchev–Trinajstić information content (AvgIpc) is 3.33. The van der Waals surface area contributed by atoms with Gasteiger partial charge in [-0.05, 0) is 43.4 Å². The number of carbonyl (C=O) groups is 1. The Balaban J connectivity index is 1.60. The van der Waals surface area contributed by atoms with Gasteiger partial charge in [0, 0.05) is 12.0 Å². The Kier molecular flexibility index (Phi) is 5.04. The smallest absolute Gasteiger partial charge is 0.257 e. The van der Waals surface area contributed by atoms with Gasteiger partial charge in [0.25, 0.3) is 5.91 Å². The highest BCUT2D eigenvalue weighted by molar-refractivity contribution is 7.12. The Hall–Kier alpha value is -2.18. The van der Waals surface area contributed by atoms with Gasteiger partial charge in [-0.25, -0.2) is 5.01 Å². The van der Waals surface area contributed by atoms with Gasteiger partial charge in [-0.15, -0.1) is 11.3 Å². The lowest BCUT2D eigenvalue weighted by Gasteiger charge is -2.29. The summed E-state index contributed by atoms with van der Waals surface area (Å²) in [6.45, 7) is 2.34. The van der Waals surface area contributed by atoms with Crippen LogP contribution in [0.25, 0.3) is 0 Å². The van der Waals surface area contributed by atoms with Crippen LogP contribution >= 0.6 is 11.3 Å². The second-order valence-electron chi connectivity index (χ2n) is 6.88. The van der Waals surface area contributed by atoms with Gasteiger partial charge in [0.1, 0.15) is 5.75 Å². The van der Waals surface area contributed by atoms with Gasteiger partial charge < -0.3 is 5.11 Å². The van der Waals surface area contributed by atoms with E-state index in [2.05, 4.69) is 10.0 Å². The van der Waals surface area contributed by atoms with Gasteiger partial charge in [0.2, 0.25) is 0 Å². The van der Waals surface area contributed by atoms with Crippen LogP contribution in [0, 0.1) is 0 Å². The van der Waals surface area contributed by atoms with E-state index in [4.69, 9.17) is 0 Å². The summed E-state index contributed by atoms with van der Waals surface area (Å²) in [5.41, 5.74) is 1.68. The van der Waals surface area contributed by atoms with Crippen molar-refractivity contribution in [2.45, 2.75) is 31.7 Å². The van der Waals surface area contributed by atoms with Gasteiger partial charge in [-0.1, -0.05) is 30.7 Å². The van der Waals surface area contributed by atoms with Crippen LogP contribution in [0.5, 0.6) is 5.75 Å². The Morgan fingerprint density at radius 3 is 2.69 bits per heavy atom. The number of hydrogen-bond acceptors (Lipinski definition) is 5. The third-order valence-corrected chi connectivity index (χ3v) is 5.99. The molecule has 0 spiro atoms. The highest BCUT2D eigenvalue weighted by atomic mass is 32.1. The number of rotatable bonds is 4. The summed E-state index contributed by atoms with van der Waals surface area (Å²) in [6, 6.07) is 11.0. The molecule has 6 heteroatoms. The monoisotopic (exact) mass is 369 g/mol. The SMILES string of the molecule is O=C(CN1CCCCC1)N1N=C(c2cccs2)C[C@@H]1c1ccccc1O. The number of para-hydroxylation sites is 1. The topological polar surface area (TPSA) is 56.1 Å². The summed E-state index contributed by atoms with van der Waals surface area (Å²) in [6.07, 6.45) is 4.18. The largest absolute Gasteiger partial charge is 0.508 e. The quantitative estimate of drug-likeness (QED) is 0.896. The molecule has 3 heterocycles. The Labute approximate surface area is 157 Å². The highest BCUT2D eigenvalue weighted by Gasteiger charge is 2.35. The predicted molar refractivity (Wildman–Crippen MR) is 103 cm³/mol. The summed E-state index contributed by atoms with van der Waals surface area (Å²) in [7, 11) is 0. The van der Waals surface area contributed by atoms with Crippen LogP contribution in [0.3, 0.4) is 0 Å². The number of nitrogens with zero attached hydrogens (tertiary/aromatic N) is 3. The lowest BCUT2D eigenvalue weighted by Crippen LogP contribution is -2.40. The molecular formula is C20H23N3O2S. The number of hydrazone groups is 1. The fourth-order valence-corrected chi connectivity index (χ4v) is 4.45. The van der Waals surface area contributed by atoms with E-state index < -0.39 is 0 Å². The Morgan fingerprint density at radius 2 is 1.96 bits per heavy atom. The van der Waals surface area contributed by atoms with Crippen LogP contribution < -0.4 is 0 Å². The molecule has 0 saturated carbocycles. The van der Waals surface area contributed by atoms with Gasteiger partial charge in [-0.3, -0.25) is 9.69 Å². The maximum Gasteiger partial charge on any atom is 0.257 e. The van der Waals surface area contributed by atoms with E-state index >= 15 is 0 Å². The maximum absolute atomic E-state index is 13.0. The van der Waals surface area contributed by atoms with Crippen LogP contribution in [0.1, 0.15) is 42.2 Å². The Bertz CT molecular complexity index is 797. The number of likely N-dealkylation sites (tertiary alicyclic amines) is 1. The summed E-state index contributed by atoms with van der Waals surface area (Å²) in [5, 5.41) is 18.6. The molecule has 1 fully saturated rings. The number of piperidine rings is 1. The number of phenols is 1. The van der Waals surface area contributed by atoms with E-state index in [9.17, 15) is 9.90 Å². The van der Waals surface area contributed by atoms with Crippen LogP contribution in [-0.2, 0) is 4.79 Å². The number of aromatic hydroxyl groups is 1. The van der Waals surface area contributed by atoms with E-state index in [0.717, 1.165) is 42.1 Å². The van der Waals surface area contributed by atoms with Crippen molar-refractivity contribution in [2.24, 2.45) is 5.10 Å². The first-order chi connectivity index (χ1) is 12.7. The minimum absolute atomic E-state index is 0.00621. The van der Waals surface area contributed by atoms with Crippen LogP contribution in [0.4, 0.5) is 0 Å². The minimum atomic E-state index is -0.245. The molecule has 5 nitrogen and oxygen atoms in total. The van der Waals surface area contributed by atoms with Gasteiger partial charge >= 0.3 is 0 Å². The number of hydrogen-bond donors (Lipinski definition) is 1. The molecule has 1 amide bonds. The van der Waals surface area contributed by atoms with E-state index in [-0.39, 0.29) is 17.7 Å². The molecule has 1 aromatic carbocycles. The van der Waals surface area contributed by atoms with E-state index in [1.807, 2.05) is 29.6 Å². The molecule has 1 atom stereocenters. The van der Waals surface area contributed by atoms with Crippen molar-refractivity contribution in [3.8, 4) is 5.75 Å². The third-order valence-electron chi connectivity index (χ3n) is 5.07. The number of amides is 1. The molecule has 1 aromatic heterocycles. The molecule has 0 aliphatic carbocycles. The van der Waals surface area contributed by atoms with Crippen molar-refractivity contribution < 1.29 is 9.90 Å². The van der Waals surface area contributed by atoms with Gasteiger partial charge in [0.05, 0.1) is 23.2 Å². The number of thiophene rings is 1. The molecule has 2 aromatic rings. The van der Waals surface area contributed by atoms with Crippen molar-refractivity contribution in [3.63, 3.8) is 0 Å². The molecule has 0 bridgehead atoms. The second kappa shape index (κ2) is 7.60. The number of carbonyl (C=O) groups excluding carboxylic acids is 1. The molecule has 26 heavy (non-hydrogen) atoms. The molecule has 136 valence electrons. The number of benzene rings is 1. The van der Waals surface area contributed by atoms with Crippen molar-refractivity contribution in [1.29, 1.82) is 0 Å². The second-order valence-corrected chi connectivity index (χ2v) is 7.83. The summed E-state index contributed by atoms with van der Waals surface area (Å²) in [5.74, 6) is 0.225. The van der Waals surface area contributed by atoms with Crippen LogP contribution in [0.15, 0.2) is 46.9 Å². The standard InChI is InChI=1S/C20H23N3O2S/c24-18-8-3-2-7-15(18)17-13-16(19-9-6-12-26-19)21-23(17)20(25)14-22-10-4-1-5-11-22/h2-3,6-9,12,17,24H,1,4-5,10-11,13-14H2/t17-/m1/s1. The van der Waals surface area contributed by atoms with Crippen molar-refractivity contribution in [2.75, 3.05) is 19.6 Å². The first kappa shape index (κ1) is 17.2. The van der Waals surface area contributed by atoms with E-state index in [0.29, 0.717) is 13.0 Å². The first-order valence-electron chi connectivity index (χ1n) is 9.16. The molecule has 2 aliphatic heterocycles. The lowest BCUT2D eigenvalue weighted by molar-refractivity contribution is -0.134. The van der Waals surface area contributed by atoms with Gasteiger partial charge in [0.15, 0.2) is 0 Å². The zero-order chi connectivity index (χ0) is 17.9. The average molecular weight is 369 g/mol. The zero-order valence-corrected chi connectivity index (χ0v) is 15.5. The Morgan fingerprint density at radius 1 is 1.15 bits per heavy atom. The fraction of sp³-hybridized carbons (Fsp3) is 0.400. The normalized spacial score (nSPS) is 21.0. The van der Waals surface area contributed by atoms with Crippen molar-refractivity contribution >= 4 is 23.0 Å². The van der Waals surface area contributed by atoms with E-state index in [1.54, 1.807) is 28.5 Å². The summed E-state index contributed by atoms with van der Waals surface area (Å²) in [4.78, 5) is 16.3. The van der Waals surface area contributed by atoms with Crippen molar-refractivity contribution in [3.05, 3.63) is 52.2 Å². The predicted octanol–water partition coefficient (Wildman–Crippen LogP) is 3.62. The highest BCUT2D eigenvalue weighted by Crippen LogP contribution is 2.37. The van der Waals surface area contributed by atoms with Gasteiger partial charge in [-0.2, -0.15) is 5.10 Å². The maximum atomic E-state index is 13.0. The van der Waals surface area contributed by atoms with Crippen molar-refractivity contribution in [1.82, 2.24) is 9.91 Å².